The number of alkyl halides is 2. The van der Waals surface area contributed by atoms with Crippen LogP contribution >= 0.6 is 0 Å². The molecule has 0 aromatic heterocycles. The largest absolute Gasteiger partial charge is 0.345 e. The first kappa shape index (κ1) is 8.38. The predicted molar refractivity (Wildman–Crippen MR) is 40.1 cm³/mol. The molecule has 0 aromatic carbocycles. The smallest absolute Gasteiger partial charge is 0.320 e. The van der Waals surface area contributed by atoms with Crippen LogP contribution < -0.4 is 5.32 Å². The average Bonchev–Trinajstić information content (AvgIpc) is 2.29. The Morgan fingerprint density at radius 1 is 1.17 bits per heavy atom. The van der Waals surface area contributed by atoms with Crippen LogP contribution in [0.3, 0.4) is 0 Å². The summed E-state index contributed by atoms with van der Waals surface area (Å²) in [5.74, 6) is 0. The van der Waals surface area contributed by atoms with E-state index >= 15 is 0 Å². The molecule has 0 aliphatic carbocycles. The maximum absolute atomic E-state index is 11.9. The van der Waals surface area contributed by atoms with E-state index in [1.54, 1.807) is 0 Å². The minimum atomic E-state index is -2.60. The van der Waals surface area contributed by atoms with Crippen LogP contribution in [0, 0.1) is 0 Å². The zero-order chi connectivity index (χ0) is 8.55. The highest BCUT2D eigenvalue weighted by atomic mass is 19.3. The molecule has 2 aliphatic rings. The third-order valence-corrected chi connectivity index (χ3v) is 2.73. The number of rotatable bonds is 2. The second-order valence-corrected chi connectivity index (χ2v) is 3.63. The summed E-state index contributed by atoms with van der Waals surface area (Å²) in [5, 5.41) is 3.37. The normalized spacial score (nSPS) is 40.8. The van der Waals surface area contributed by atoms with Crippen LogP contribution in [-0.2, 0) is 4.74 Å². The summed E-state index contributed by atoms with van der Waals surface area (Å²) < 4.78 is 28.2. The Bertz CT molecular complexity index is 153. The molecule has 0 radical (unpaired) electrons. The fraction of sp³-hybridized carbons (Fsp3) is 1.00. The minimum absolute atomic E-state index is 0.219. The van der Waals surface area contributed by atoms with Crippen molar-refractivity contribution in [1.29, 1.82) is 0 Å². The molecule has 0 aromatic rings. The highest BCUT2D eigenvalue weighted by Gasteiger charge is 2.34. The standard InChI is InChI=1S/C8H13F2NO/c9-8(10)12-7-3-5-1-2-6(4-7)11-5/h5-8,11H,1-4H2. The van der Waals surface area contributed by atoms with Crippen LogP contribution in [0.25, 0.3) is 0 Å². The highest BCUT2D eigenvalue weighted by Crippen LogP contribution is 2.29. The maximum Gasteiger partial charge on any atom is 0.345 e. The average molecular weight is 177 g/mol. The van der Waals surface area contributed by atoms with Gasteiger partial charge in [0.25, 0.3) is 0 Å². The molecule has 2 bridgehead atoms. The van der Waals surface area contributed by atoms with Crippen LogP contribution in [0.1, 0.15) is 25.7 Å². The number of ether oxygens (including phenoxy) is 1. The molecule has 0 amide bonds. The molecule has 2 atom stereocenters. The summed E-state index contributed by atoms with van der Waals surface area (Å²) in [6.07, 6.45) is 3.52. The van der Waals surface area contributed by atoms with Gasteiger partial charge in [0.2, 0.25) is 0 Å². The van der Waals surface area contributed by atoms with Gasteiger partial charge in [0.1, 0.15) is 0 Å². The third kappa shape index (κ3) is 1.75. The number of piperidine rings is 1. The molecule has 0 saturated carbocycles. The first-order valence-corrected chi connectivity index (χ1v) is 4.43. The number of hydrogen-bond donors (Lipinski definition) is 1. The molecular formula is C8H13F2NO. The Labute approximate surface area is 70.3 Å². The van der Waals surface area contributed by atoms with E-state index in [1.807, 2.05) is 0 Å². The van der Waals surface area contributed by atoms with Crippen molar-refractivity contribution < 1.29 is 13.5 Å². The van der Waals surface area contributed by atoms with Crippen molar-refractivity contribution in [3.05, 3.63) is 0 Å². The van der Waals surface area contributed by atoms with Crippen LogP contribution in [0.5, 0.6) is 0 Å². The topological polar surface area (TPSA) is 21.3 Å². The molecule has 2 rings (SSSR count). The maximum atomic E-state index is 11.9. The van der Waals surface area contributed by atoms with Crippen LogP contribution in [0.15, 0.2) is 0 Å². The van der Waals surface area contributed by atoms with Crippen molar-refractivity contribution in [3.8, 4) is 0 Å². The number of hydrogen-bond acceptors (Lipinski definition) is 2. The zero-order valence-electron chi connectivity index (χ0n) is 6.80. The lowest BCUT2D eigenvalue weighted by molar-refractivity contribution is -0.171. The van der Waals surface area contributed by atoms with E-state index in [0.717, 1.165) is 25.7 Å². The Balaban J connectivity index is 1.85. The molecule has 0 spiro atoms. The monoisotopic (exact) mass is 177 g/mol. The SMILES string of the molecule is FC(F)OC1CC2CCC(C1)N2. The van der Waals surface area contributed by atoms with Crippen LogP contribution in [0.4, 0.5) is 8.78 Å². The molecule has 2 saturated heterocycles. The lowest BCUT2D eigenvalue weighted by Crippen LogP contribution is -2.41. The van der Waals surface area contributed by atoms with E-state index in [0.29, 0.717) is 12.1 Å². The molecule has 2 aliphatic heterocycles. The molecular weight excluding hydrogens is 164 g/mol. The summed E-state index contributed by atoms with van der Waals surface area (Å²) in [6, 6.07) is 0.847. The predicted octanol–water partition coefficient (Wildman–Crippen LogP) is 1.51. The van der Waals surface area contributed by atoms with Crippen molar-refractivity contribution in [2.24, 2.45) is 0 Å². The van der Waals surface area contributed by atoms with Crippen molar-refractivity contribution in [1.82, 2.24) is 5.32 Å². The molecule has 70 valence electrons. The summed E-state index contributed by atoms with van der Waals surface area (Å²) in [5.41, 5.74) is 0. The highest BCUT2D eigenvalue weighted by molar-refractivity contribution is 4.92. The van der Waals surface area contributed by atoms with Crippen molar-refractivity contribution in [3.63, 3.8) is 0 Å². The summed E-state index contributed by atoms with van der Waals surface area (Å²) in [4.78, 5) is 0. The van der Waals surface area contributed by atoms with Gasteiger partial charge in [-0.2, -0.15) is 8.78 Å². The number of halogens is 2. The van der Waals surface area contributed by atoms with Crippen LogP contribution in [-0.4, -0.2) is 24.8 Å². The lowest BCUT2D eigenvalue weighted by Gasteiger charge is -2.28. The molecule has 2 nitrogen and oxygen atoms in total. The van der Waals surface area contributed by atoms with Gasteiger partial charge in [0.05, 0.1) is 6.10 Å². The number of fused-ring (bicyclic) bond motifs is 2. The van der Waals surface area contributed by atoms with Gasteiger partial charge in [-0.1, -0.05) is 0 Å². The van der Waals surface area contributed by atoms with E-state index < -0.39 is 6.61 Å². The van der Waals surface area contributed by atoms with E-state index in [9.17, 15) is 8.78 Å². The summed E-state index contributed by atoms with van der Waals surface area (Å²) in [7, 11) is 0. The first-order valence-electron chi connectivity index (χ1n) is 4.43. The van der Waals surface area contributed by atoms with Crippen LogP contribution in [0.2, 0.25) is 0 Å². The lowest BCUT2D eigenvalue weighted by atomic mass is 10.0. The zero-order valence-corrected chi connectivity index (χ0v) is 6.80. The fourth-order valence-electron chi connectivity index (χ4n) is 2.26. The molecule has 4 heteroatoms. The van der Waals surface area contributed by atoms with Gasteiger partial charge in [-0.3, -0.25) is 0 Å². The molecule has 2 fully saturated rings. The number of nitrogens with one attached hydrogen (secondary N) is 1. The summed E-state index contributed by atoms with van der Waals surface area (Å²) >= 11 is 0. The Hall–Kier alpha value is -0.220. The minimum Gasteiger partial charge on any atom is -0.320 e. The van der Waals surface area contributed by atoms with Gasteiger partial charge in [0.15, 0.2) is 0 Å². The van der Waals surface area contributed by atoms with Crippen molar-refractivity contribution >= 4 is 0 Å². The molecule has 12 heavy (non-hydrogen) atoms. The van der Waals surface area contributed by atoms with Gasteiger partial charge in [0, 0.05) is 12.1 Å². The van der Waals surface area contributed by atoms with E-state index in [-0.39, 0.29) is 6.10 Å². The van der Waals surface area contributed by atoms with Gasteiger partial charge in [-0.05, 0) is 25.7 Å². The van der Waals surface area contributed by atoms with E-state index in [2.05, 4.69) is 10.1 Å². The van der Waals surface area contributed by atoms with Gasteiger partial charge < -0.3 is 10.1 Å². The quantitative estimate of drug-likeness (QED) is 0.690. The third-order valence-electron chi connectivity index (χ3n) is 2.73. The van der Waals surface area contributed by atoms with Crippen molar-refractivity contribution in [2.75, 3.05) is 0 Å². The van der Waals surface area contributed by atoms with Crippen molar-refractivity contribution in [2.45, 2.75) is 50.5 Å². The van der Waals surface area contributed by atoms with E-state index in [4.69, 9.17) is 0 Å². The van der Waals surface area contributed by atoms with Gasteiger partial charge in [-0.15, -0.1) is 0 Å². The second kappa shape index (κ2) is 3.26. The first-order chi connectivity index (χ1) is 5.74. The Kier molecular flexibility index (Phi) is 2.28. The molecule has 2 unspecified atom stereocenters. The van der Waals surface area contributed by atoms with Gasteiger partial charge >= 0.3 is 6.61 Å². The second-order valence-electron chi connectivity index (χ2n) is 3.63. The fourth-order valence-corrected chi connectivity index (χ4v) is 2.26. The molecule has 2 heterocycles. The summed E-state index contributed by atoms with van der Waals surface area (Å²) in [6.45, 7) is -2.60. The molecule has 1 N–H and O–H groups in total. The Morgan fingerprint density at radius 3 is 2.25 bits per heavy atom. The Morgan fingerprint density at radius 2 is 1.75 bits per heavy atom. The van der Waals surface area contributed by atoms with E-state index in [1.165, 1.54) is 0 Å². The van der Waals surface area contributed by atoms with Gasteiger partial charge in [-0.25, -0.2) is 0 Å².